The number of nitrogens with one attached hydrogen (secondary N) is 1. The molecule has 0 fully saturated rings. The number of amides is 1. The number of benzene rings is 3. The number of hydrogen-bond acceptors (Lipinski definition) is 4. The summed E-state index contributed by atoms with van der Waals surface area (Å²) >= 11 is 0. The number of rotatable bonds is 9. The Bertz CT molecular complexity index is 1160. The lowest BCUT2D eigenvalue weighted by Gasteiger charge is -2.21. The quantitative estimate of drug-likeness (QED) is 0.371. The van der Waals surface area contributed by atoms with Crippen LogP contribution in [-0.2, 0) is 19.6 Å². The molecule has 0 unspecified atom stereocenters. The zero-order valence-electron chi connectivity index (χ0n) is 18.4. The second-order valence-electron chi connectivity index (χ2n) is 7.99. The van der Waals surface area contributed by atoms with E-state index in [2.05, 4.69) is 27.3 Å². The first-order valence-electron chi connectivity index (χ1n) is 10.9. The summed E-state index contributed by atoms with van der Waals surface area (Å²) in [6, 6.07) is 26.1. The highest BCUT2D eigenvalue weighted by Gasteiger charge is 2.18. The third-order valence-corrected chi connectivity index (χ3v) is 5.36. The summed E-state index contributed by atoms with van der Waals surface area (Å²) in [7, 11) is 0. The molecule has 0 radical (unpaired) electrons. The minimum absolute atomic E-state index is 0.146. The van der Waals surface area contributed by atoms with E-state index in [1.807, 2.05) is 55.5 Å². The maximum atomic E-state index is 13.3. The maximum absolute atomic E-state index is 13.3. The molecule has 0 aliphatic heterocycles. The molecular weight excluding hydrogens is 417 g/mol. The fourth-order valence-corrected chi connectivity index (χ4v) is 3.63. The van der Waals surface area contributed by atoms with Gasteiger partial charge in [-0.1, -0.05) is 72.8 Å². The molecule has 4 rings (SSSR count). The van der Waals surface area contributed by atoms with Gasteiger partial charge in [-0.2, -0.15) is 0 Å². The van der Waals surface area contributed by atoms with Crippen LogP contribution in [0.15, 0.2) is 95.6 Å². The van der Waals surface area contributed by atoms with E-state index in [1.54, 1.807) is 12.1 Å². The second-order valence-corrected chi connectivity index (χ2v) is 7.99. The van der Waals surface area contributed by atoms with Gasteiger partial charge in [-0.25, -0.2) is 9.37 Å². The van der Waals surface area contributed by atoms with E-state index < -0.39 is 0 Å². The van der Waals surface area contributed by atoms with Gasteiger partial charge in [-0.15, -0.1) is 0 Å². The third-order valence-electron chi connectivity index (χ3n) is 5.36. The molecule has 168 valence electrons. The first kappa shape index (κ1) is 22.4. The van der Waals surface area contributed by atoms with Crippen molar-refractivity contribution in [3.05, 3.63) is 125 Å². The second kappa shape index (κ2) is 10.7. The number of carbonyl (C=O) groups is 1. The van der Waals surface area contributed by atoms with E-state index in [1.165, 1.54) is 18.4 Å². The fourth-order valence-electron chi connectivity index (χ4n) is 3.63. The van der Waals surface area contributed by atoms with Gasteiger partial charge < -0.3 is 9.73 Å². The summed E-state index contributed by atoms with van der Waals surface area (Å²) in [5.41, 5.74) is 3.38. The van der Waals surface area contributed by atoms with Crippen LogP contribution in [0.25, 0.3) is 0 Å². The van der Waals surface area contributed by atoms with Crippen molar-refractivity contribution in [2.24, 2.45) is 0 Å². The first-order chi connectivity index (χ1) is 16.1. The van der Waals surface area contributed by atoms with Gasteiger partial charge in [-0.05, 0) is 35.7 Å². The van der Waals surface area contributed by atoms with E-state index in [9.17, 15) is 9.18 Å². The van der Waals surface area contributed by atoms with Crippen LogP contribution in [0.2, 0.25) is 0 Å². The predicted octanol–water partition coefficient (Wildman–Crippen LogP) is 5.51. The molecule has 0 bridgehead atoms. The topological polar surface area (TPSA) is 58.4 Å². The van der Waals surface area contributed by atoms with Gasteiger partial charge in [0.25, 0.3) is 5.91 Å². The van der Waals surface area contributed by atoms with Gasteiger partial charge in [-0.3, -0.25) is 9.69 Å². The van der Waals surface area contributed by atoms with Crippen molar-refractivity contribution in [3.63, 3.8) is 0 Å². The van der Waals surface area contributed by atoms with E-state index in [0.717, 1.165) is 16.7 Å². The van der Waals surface area contributed by atoms with Gasteiger partial charge >= 0.3 is 0 Å². The van der Waals surface area contributed by atoms with Crippen molar-refractivity contribution in [2.75, 3.05) is 0 Å². The first-order valence-corrected chi connectivity index (χ1v) is 10.9. The molecule has 1 N–H and O–H groups in total. The lowest BCUT2D eigenvalue weighted by molar-refractivity contribution is 0.0934. The number of nitrogens with zero attached hydrogens (tertiary/aromatic N) is 2. The predicted molar refractivity (Wildman–Crippen MR) is 125 cm³/mol. The summed E-state index contributed by atoms with van der Waals surface area (Å²) in [5.74, 6) is -0.0958. The molecular formula is C27H26FN3O2. The normalized spacial score (nSPS) is 12.0. The highest BCUT2D eigenvalue weighted by atomic mass is 19.1. The summed E-state index contributed by atoms with van der Waals surface area (Å²) in [5, 5.41) is 2.95. The van der Waals surface area contributed by atoms with Crippen molar-refractivity contribution in [1.82, 2.24) is 15.2 Å². The van der Waals surface area contributed by atoms with Gasteiger partial charge in [0, 0.05) is 13.1 Å². The van der Waals surface area contributed by atoms with Crippen LogP contribution in [0.3, 0.4) is 0 Å². The molecule has 0 aliphatic rings. The number of halogens is 1. The highest BCUT2D eigenvalue weighted by Crippen LogP contribution is 2.16. The Kier molecular flexibility index (Phi) is 7.27. The molecule has 0 saturated carbocycles. The van der Waals surface area contributed by atoms with Crippen LogP contribution >= 0.6 is 0 Å². The van der Waals surface area contributed by atoms with Crippen molar-refractivity contribution in [2.45, 2.75) is 32.6 Å². The van der Waals surface area contributed by atoms with Crippen LogP contribution < -0.4 is 5.32 Å². The highest BCUT2D eigenvalue weighted by molar-refractivity contribution is 5.92. The third kappa shape index (κ3) is 6.37. The van der Waals surface area contributed by atoms with Gasteiger partial charge in [0.2, 0.25) is 5.89 Å². The van der Waals surface area contributed by atoms with E-state index in [0.29, 0.717) is 25.5 Å². The van der Waals surface area contributed by atoms with E-state index in [-0.39, 0.29) is 23.5 Å². The van der Waals surface area contributed by atoms with Crippen LogP contribution in [0.5, 0.6) is 0 Å². The molecule has 33 heavy (non-hydrogen) atoms. The molecule has 4 aromatic rings. The Balaban J connectivity index is 1.44. The van der Waals surface area contributed by atoms with Crippen molar-refractivity contribution in [3.8, 4) is 0 Å². The van der Waals surface area contributed by atoms with Crippen LogP contribution in [0.4, 0.5) is 4.39 Å². The van der Waals surface area contributed by atoms with E-state index >= 15 is 0 Å². The summed E-state index contributed by atoms with van der Waals surface area (Å²) in [6.45, 7) is 3.59. The molecule has 1 atom stereocenters. The molecule has 0 spiro atoms. The summed E-state index contributed by atoms with van der Waals surface area (Å²) in [4.78, 5) is 19.2. The maximum Gasteiger partial charge on any atom is 0.273 e. The minimum atomic E-state index is -0.283. The molecule has 1 heterocycles. The molecule has 1 aromatic heterocycles. The molecule has 0 saturated heterocycles. The lowest BCUT2D eigenvalue weighted by atomic mass is 10.1. The SMILES string of the molecule is C[C@@H](NC(=O)c1coc(CN(Cc2ccccc2)Cc2ccc(F)cc2)n1)c1ccccc1. The Morgan fingerprint density at radius 3 is 2.18 bits per heavy atom. The summed E-state index contributed by atoms with van der Waals surface area (Å²) in [6.07, 6.45) is 1.39. The lowest BCUT2D eigenvalue weighted by Crippen LogP contribution is -2.27. The molecule has 6 heteroatoms. The fraction of sp³-hybridized carbons (Fsp3) is 0.185. The van der Waals surface area contributed by atoms with Gasteiger partial charge in [0.05, 0.1) is 12.6 Å². The Hall–Kier alpha value is -3.77. The van der Waals surface area contributed by atoms with Crippen LogP contribution in [0.1, 0.15) is 46.0 Å². The molecule has 5 nitrogen and oxygen atoms in total. The zero-order chi connectivity index (χ0) is 23.0. The Morgan fingerprint density at radius 2 is 1.52 bits per heavy atom. The molecule has 1 amide bonds. The number of carbonyl (C=O) groups excluding carboxylic acids is 1. The average Bonchev–Trinajstić information content (AvgIpc) is 3.30. The number of oxazole rings is 1. The largest absolute Gasteiger partial charge is 0.447 e. The van der Waals surface area contributed by atoms with Gasteiger partial charge in [0.1, 0.15) is 12.1 Å². The standard InChI is InChI=1S/C27H26FN3O2/c1-20(23-10-6-3-7-11-23)29-27(32)25-19-33-26(30-25)18-31(16-21-8-4-2-5-9-21)17-22-12-14-24(28)15-13-22/h2-15,19-20H,16-18H2,1H3,(H,29,32)/t20-/m1/s1. The Labute approximate surface area is 192 Å². The average molecular weight is 444 g/mol. The van der Waals surface area contributed by atoms with Gasteiger partial charge in [0.15, 0.2) is 5.69 Å². The zero-order valence-corrected chi connectivity index (χ0v) is 18.4. The summed E-state index contributed by atoms with van der Waals surface area (Å²) < 4.78 is 18.9. The Morgan fingerprint density at radius 1 is 0.909 bits per heavy atom. The van der Waals surface area contributed by atoms with Crippen LogP contribution in [0, 0.1) is 5.82 Å². The monoisotopic (exact) mass is 443 g/mol. The number of aromatic nitrogens is 1. The number of hydrogen-bond donors (Lipinski definition) is 1. The van der Waals surface area contributed by atoms with Crippen molar-refractivity contribution < 1.29 is 13.6 Å². The molecule has 0 aliphatic carbocycles. The minimum Gasteiger partial charge on any atom is -0.447 e. The van der Waals surface area contributed by atoms with Crippen LogP contribution in [-0.4, -0.2) is 15.8 Å². The smallest absolute Gasteiger partial charge is 0.273 e. The van der Waals surface area contributed by atoms with E-state index in [4.69, 9.17) is 4.42 Å². The van der Waals surface area contributed by atoms with Crippen molar-refractivity contribution >= 4 is 5.91 Å². The molecule has 3 aromatic carbocycles. The van der Waals surface area contributed by atoms with Crippen molar-refractivity contribution in [1.29, 1.82) is 0 Å².